The largest absolute Gasteiger partial charge is 0.342 e. The highest BCUT2D eigenvalue weighted by Crippen LogP contribution is 2.29. The summed E-state index contributed by atoms with van der Waals surface area (Å²) in [5.74, 6) is -0.0759. The van der Waals surface area contributed by atoms with Crippen LogP contribution in [0.1, 0.15) is 39.2 Å². The first-order chi connectivity index (χ1) is 10.3. The molecular formula is C18H28ClFN2O. The monoisotopic (exact) mass is 342 g/mol. The van der Waals surface area contributed by atoms with Crippen molar-refractivity contribution in [2.75, 3.05) is 13.1 Å². The van der Waals surface area contributed by atoms with Gasteiger partial charge in [0, 0.05) is 25.0 Å². The number of benzene rings is 1. The summed E-state index contributed by atoms with van der Waals surface area (Å²) in [5.41, 5.74) is 7.04. The lowest BCUT2D eigenvalue weighted by Gasteiger charge is -2.43. The predicted molar refractivity (Wildman–Crippen MR) is 94.1 cm³/mol. The number of amides is 1. The number of carbonyl (C=O) groups excluding carboxylic acids is 1. The first kappa shape index (κ1) is 19.9. The maximum Gasteiger partial charge on any atom is 0.225 e. The zero-order chi connectivity index (χ0) is 16.3. The van der Waals surface area contributed by atoms with Crippen LogP contribution in [0.5, 0.6) is 0 Å². The molecule has 1 aromatic carbocycles. The number of nitrogens with two attached hydrogens (primary N) is 1. The Balaban J connectivity index is 0.00000264. The van der Waals surface area contributed by atoms with Gasteiger partial charge in [0.15, 0.2) is 0 Å². The summed E-state index contributed by atoms with van der Waals surface area (Å²) in [4.78, 5) is 14.5. The zero-order valence-electron chi connectivity index (χ0n) is 14.2. The molecule has 5 heteroatoms. The number of hydrogen-bond acceptors (Lipinski definition) is 2. The Hall–Kier alpha value is -1.13. The molecule has 0 bridgehead atoms. The summed E-state index contributed by atoms with van der Waals surface area (Å²) >= 11 is 0. The molecule has 0 saturated carbocycles. The van der Waals surface area contributed by atoms with E-state index in [0.717, 1.165) is 37.9 Å². The SMILES string of the molecule is CC(CCc1cccc(F)c1)C(=O)N1CCC(N)C(C)(C)C1.Cl. The third-order valence-corrected chi connectivity index (χ3v) is 4.80. The van der Waals surface area contributed by atoms with Gasteiger partial charge in [0.05, 0.1) is 0 Å². The molecule has 130 valence electrons. The number of likely N-dealkylation sites (tertiary alicyclic amines) is 1. The molecule has 1 fully saturated rings. The molecule has 2 rings (SSSR count). The molecule has 1 aliphatic heterocycles. The summed E-state index contributed by atoms with van der Waals surface area (Å²) < 4.78 is 13.2. The average Bonchev–Trinajstić information content (AvgIpc) is 2.47. The van der Waals surface area contributed by atoms with Crippen LogP contribution in [-0.2, 0) is 11.2 Å². The van der Waals surface area contributed by atoms with Gasteiger partial charge < -0.3 is 10.6 Å². The molecule has 2 N–H and O–H groups in total. The normalized spacial score (nSPS) is 21.4. The molecule has 1 amide bonds. The molecule has 3 nitrogen and oxygen atoms in total. The first-order valence-electron chi connectivity index (χ1n) is 8.08. The minimum atomic E-state index is -0.219. The van der Waals surface area contributed by atoms with Gasteiger partial charge in [-0.15, -0.1) is 12.4 Å². The van der Waals surface area contributed by atoms with Crippen molar-refractivity contribution < 1.29 is 9.18 Å². The van der Waals surface area contributed by atoms with E-state index in [4.69, 9.17) is 5.73 Å². The van der Waals surface area contributed by atoms with Crippen LogP contribution in [0.3, 0.4) is 0 Å². The first-order valence-corrected chi connectivity index (χ1v) is 8.08. The lowest BCUT2D eigenvalue weighted by Crippen LogP contribution is -2.54. The molecule has 23 heavy (non-hydrogen) atoms. The third-order valence-electron chi connectivity index (χ3n) is 4.80. The van der Waals surface area contributed by atoms with Crippen molar-refractivity contribution in [2.45, 2.75) is 46.1 Å². The van der Waals surface area contributed by atoms with E-state index in [-0.39, 0.29) is 41.5 Å². The van der Waals surface area contributed by atoms with E-state index in [0.29, 0.717) is 0 Å². The van der Waals surface area contributed by atoms with Crippen molar-refractivity contribution in [2.24, 2.45) is 17.1 Å². The number of halogens is 2. The Morgan fingerprint density at radius 2 is 2.17 bits per heavy atom. The maximum atomic E-state index is 13.2. The number of piperidine rings is 1. The molecule has 1 heterocycles. The number of nitrogens with zero attached hydrogens (tertiary/aromatic N) is 1. The summed E-state index contributed by atoms with van der Waals surface area (Å²) in [6.07, 6.45) is 2.32. The van der Waals surface area contributed by atoms with Crippen molar-refractivity contribution in [1.82, 2.24) is 4.90 Å². The molecule has 1 aliphatic rings. The molecule has 0 radical (unpaired) electrons. The van der Waals surface area contributed by atoms with Gasteiger partial charge in [-0.25, -0.2) is 4.39 Å². The predicted octanol–water partition coefficient (Wildman–Crippen LogP) is 3.40. The van der Waals surface area contributed by atoms with E-state index in [1.165, 1.54) is 6.07 Å². The van der Waals surface area contributed by atoms with E-state index in [9.17, 15) is 9.18 Å². The summed E-state index contributed by atoms with van der Waals surface area (Å²) in [7, 11) is 0. The number of rotatable bonds is 4. The van der Waals surface area contributed by atoms with E-state index in [1.807, 2.05) is 17.9 Å². The minimum Gasteiger partial charge on any atom is -0.342 e. The Morgan fingerprint density at radius 1 is 1.48 bits per heavy atom. The highest BCUT2D eigenvalue weighted by atomic mass is 35.5. The maximum absolute atomic E-state index is 13.2. The van der Waals surface area contributed by atoms with Gasteiger partial charge in [-0.3, -0.25) is 4.79 Å². The summed E-state index contributed by atoms with van der Waals surface area (Å²) in [6, 6.07) is 6.76. The van der Waals surface area contributed by atoms with E-state index < -0.39 is 0 Å². The van der Waals surface area contributed by atoms with Crippen LogP contribution < -0.4 is 5.73 Å². The van der Waals surface area contributed by atoms with Crippen molar-refractivity contribution in [3.63, 3.8) is 0 Å². The highest BCUT2D eigenvalue weighted by molar-refractivity contribution is 5.85. The average molecular weight is 343 g/mol. The second kappa shape index (κ2) is 8.11. The highest BCUT2D eigenvalue weighted by Gasteiger charge is 2.36. The van der Waals surface area contributed by atoms with Gasteiger partial charge in [-0.2, -0.15) is 0 Å². The van der Waals surface area contributed by atoms with Gasteiger partial charge >= 0.3 is 0 Å². The van der Waals surface area contributed by atoms with Crippen molar-refractivity contribution in [1.29, 1.82) is 0 Å². The Morgan fingerprint density at radius 3 is 2.78 bits per heavy atom. The van der Waals surface area contributed by atoms with Crippen LogP contribution in [0.4, 0.5) is 4.39 Å². The lowest BCUT2D eigenvalue weighted by atomic mass is 9.79. The molecular weight excluding hydrogens is 315 g/mol. The van der Waals surface area contributed by atoms with Crippen LogP contribution >= 0.6 is 12.4 Å². The van der Waals surface area contributed by atoms with Crippen molar-refractivity contribution >= 4 is 18.3 Å². The fourth-order valence-electron chi connectivity index (χ4n) is 3.07. The smallest absolute Gasteiger partial charge is 0.225 e. The van der Waals surface area contributed by atoms with Gasteiger partial charge in [-0.05, 0) is 42.4 Å². The second-order valence-electron chi connectivity index (χ2n) is 7.21. The molecule has 0 aliphatic carbocycles. The number of carbonyl (C=O) groups is 1. The quantitative estimate of drug-likeness (QED) is 0.911. The van der Waals surface area contributed by atoms with Crippen LogP contribution in [0.15, 0.2) is 24.3 Å². The summed E-state index contributed by atoms with van der Waals surface area (Å²) in [6.45, 7) is 7.66. The van der Waals surface area contributed by atoms with Crippen LogP contribution in [0.25, 0.3) is 0 Å². The summed E-state index contributed by atoms with van der Waals surface area (Å²) in [5, 5.41) is 0. The minimum absolute atomic E-state index is 0. The van der Waals surface area contributed by atoms with Gasteiger partial charge in [-0.1, -0.05) is 32.9 Å². The Bertz CT molecular complexity index is 536. The lowest BCUT2D eigenvalue weighted by molar-refractivity contribution is -0.138. The molecule has 0 aromatic heterocycles. The standard InChI is InChI=1S/C18H27FN2O.ClH/c1-13(7-8-14-5-4-6-15(19)11-14)17(22)21-10-9-16(20)18(2,3)12-21;/h4-6,11,13,16H,7-10,12,20H2,1-3H3;1H. The molecule has 1 aromatic rings. The van der Waals surface area contributed by atoms with E-state index in [2.05, 4.69) is 13.8 Å². The van der Waals surface area contributed by atoms with Crippen molar-refractivity contribution in [3.05, 3.63) is 35.6 Å². The van der Waals surface area contributed by atoms with Crippen LogP contribution in [0, 0.1) is 17.2 Å². The number of aryl methyl sites for hydroxylation is 1. The third kappa shape index (κ3) is 5.18. The molecule has 1 saturated heterocycles. The zero-order valence-corrected chi connectivity index (χ0v) is 15.0. The Kier molecular flexibility index (Phi) is 7.02. The molecule has 0 spiro atoms. The fraction of sp³-hybridized carbons (Fsp3) is 0.611. The van der Waals surface area contributed by atoms with Crippen LogP contribution in [0.2, 0.25) is 0 Å². The Labute approximate surface area is 144 Å². The van der Waals surface area contributed by atoms with E-state index in [1.54, 1.807) is 12.1 Å². The molecule has 2 atom stereocenters. The van der Waals surface area contributed by atoms with Gasteiger partial charge in [0.1, 0.15) is 5.82 Å². The van der Waals surface area contributed by atoms with Gasteiger partial charge in [0.25, 0.3) is 0 Å². The van der Waals surface area contributed by atoms with Crippen LogP contribution in [-0.4, -0.2) is 29.9 Å². The fourth-order valence-corrected chi connectivity index (χ4v) is 3.07. The topological polar surface area (TPSA) is 46.3 Å². The van der Waals surface area contributed by atoms with Gasteiger partial charge in [0.2, 0.25) is 5.91 Å². The van der Waals surface area contributed by atoms with Crippen molar-refractivity contribution in [3.8, 4) is 0 Å². The number of hydrogen-bond donors (Lipinski definition) is 1. The van der Waals surface area contributed by atoms with E-state index >= 15 is 0 Å². The second-order valence-corrected chi connectivity index (χ2v) is 7.21. The molecule has 2 unspecified atom stereocenters.